The fourth-order valence-electron chi connectivity index (χ4n) is 3.12. The lowest BCUT2D eigenvalue weighted by Gasteiger charge is -2.07. The Kier molecular flexibility index (Phi) is 5.35. The number of aromatic nitrogens is 6. The summed E-state index contributed by atoms with van der Waals surface area (Å²) in [5, 5.41) is 18.4. The number of carbonyl (C=O) groups is 2. The SMILES string of the molecule is Cc1cc(C)n(Cn2ccc(C(=O)Nc3cccc(NC(=O)c4ccn(C)n4)c3)n2)n1. The van der Waals surface area contributed by atoms with Crippen LogP contribution in [-0.4, -0.2) is 41.2 Å². The maximum absolute atomic E-state index is 12.6. The standard InChI is InChI=1S/C21H22N8O2/c1-14-11-15(2)29(24-14)13-28-10-8-19(26-28)21(31)23-17-6-4-5-16(12-17)22-20(30)18-7-9-27(3)25-18/h4-12H,13H2,1-3H3,(H,22,30)(H,23,31). The van der Waals surface area contributed by atoms with Crippen molar-refractivity contribution in [1.29, 1.82) is 0 Å². The van der Waals surface area contributed by atoms with E-state index in [1.807, 2.05) is 24.6 Å². The van der Waals surface area contributed by atoms with Crippen LogP contribution >= 0.6 is 0 Å². The first-order chi connectivity index (χ1) is 14.9. The Hall–Kier alpha value is -4.21. The zero-order valence-corrected chi connectivity index (χ0v) is 17.4. The number of nitrogens with one attached hydrogen (secondary N) is 2. The van der Waals surface area contributed by atoms with E-state index < -0.39 is 0 Å². The van der Waals surface area contributed by atoms with E-state index in [-0.39, 0.29) is 17.5 Å². The summed E-state index contributed by atoms with van der Waals surface area (Å²) in [5.41, 5.74) is 3.62. The molecular weight excluding hydrogens is 396 g/mol. The largest absolute Gasteiger partial charge is 0.321 e. The highest BCUT2D eigenvalue weighted by atomic mass is 16.2. The van der Waals surface area contributed by atoms with Crippen molar-refractivity contribution in [2.75, 3.05) is 10.6 Å². The summed E-state index contributed by atoms with van der Waals surface area (Å²) in [6.07, 6.45) is 3.42. The molecule has 0 unspecified atom stereocenters. The van der Waals surface area contributed by atoms with Gasteiger partial charge in [0.25, 0.3) is 11.8 Å². The second kappa shape index (κ2) is 8.27. The van der Waals surface area contributed by atoms with Gasteiger partial charge in [0.15, 0.2) is 11.4 Å². The van der Waals surface area contributed by atoms with Gasteiger partial charge in [-0.2, -0.15) is 15.3 Å². The monoisotopic (exact) mass is 418 g/mol. The quantitative estimate of drug-likeness (QED) is 0.500. The van der Waals surface area contributed by atoms with Crippen LogP contribution in [0, 0.1) is 13.8 Å². The molecule has 10 heteroatoms. The van der Waals surface area contributed by atoms with Crippen LogP contribution in [0.1, 0.15) is 32.4 Å². The second-order valence-electron chi connectivity index (χ2n) is 7.17. The van der Waals surface area contributed by atoms with Crippen LogP contribution in [0.25, 0.3) is 0 Å². The van der Waals surface area contributed by atoms with E-state index in [0.717, 1.165) is 11.4 Å². The lowest BCUT2D eigenvalue weighted by molar-refractivity contribution is 0.101. The number of hydrogen-bond acceptors (Lipinski definition) is 5. The van der Waals surface area contributed by atoms with E-state index in [0.29, 0.717) is 23.7 Å². The first kappa shape index (κ1) is 20.1. The predicted octanol–water partition coefficient (Wildman–Crippen LogP) is 2.44. The molecule has 0 bridgehead atoms. The fourth-order valence-corrected chi connectivity index (χ4v) is 3.12. The van der Waals surface area contributed by atoms with E-state index in [9.17, 15) is 9.59 Å². The molecule has 0 saturated carbocycles. The van der Waals surface area contributed by atoms with Gasteiger partial charge in [-0.1, -0.05) is 6.07 Å². The zero-order chi connectivity index (χ0) is 22.0. The molecule has 3 aromatic heterocycles. The van der Waals surface area contributed by atoms with Gasteiger partial charge in [-0.3, -0.25) is 19.0 Å². The highest BCUT2D eigenvalue weighted by molar-refractivity contribution is 6.05. The van der Waals surface area contributed by atoms with E-state index in [1.54, 1.807) is 65.2 Å². The van der Waals surface area contributed by atoms with Crippen LogP contribution in [0.2, 0.25) is 0 Å². The van der Waals surface area contributed by atoms with Crippen molar-refractivity contribution < 1.29 is 9.59 Å². The molecule has 0 saturated heterocycles. The predicted molar refractivity (Wildman–Crippen MR) is 115 cm³/mol. The molecular formula is C21H22N8O2. The Bertz CT molecular complexity index is 1250. The van der Waals surface area contributed by atoms with Crippen molar-refractivity contribution in [3.8, 4) is 0 Å². The average Bonchev–Trinajstić information content (AvgIpc) is 3.43. The summed E-state index contributed by atoms with van der Waals surface area (Å²) in [6.45, 7) is 4.32. The molecule has 0 radical (unpaired) electrons. The summed E-state index contributed by atoms with van der Waals surface area (Å²) >= 11 is 0. The van der Waals surface area contributed by atoms with E-state index >= 15 is 0 Å². The van der Waals surface area contributed by atoms with Gasteiger partial charge in [0, 0.05) is 36.5 Å². The third-order valence-corrected chi connectivity index (χ3v) is 4.58. The molecule has 10 nitrogen and oxygen atoms in total. The molecule has 31 heavy (non-hydrogen) atoms. The van der Waals surface area contributed by atoms with Crippen LogP contribution < -0.4 is 10.6 Å². The third kappa shape index (κ3) is 4.69. The van der Waals surface area contributed by atoms with Crippen LogP contribution in [-0.2, 0) is 13.7 Å². The van der Waals surface area contributed by atoms with E-state index in [2.05, 4.69) is 25.9 Å². The third-order valence-electron chi connectivity index (χ3n) is 4.58. The number of anilines is 2. The molecule has 4 aromatic rings. The van der Waals surface area contributed by atoms with Crippen LogP contribution in [0.15, 0.2) is 54.9 Å². The molecule has 0 atom stereocenters. The van der Waals surface area contributed by atoms with E-state index in [1.165, 1.54) is 0 Å². The van der Waals surface area contributed by atoms with Crippen molar-refractivity contribution >= 4 is 23.2 Å². The van der Waals surface area contributed by atoms with Crippen molar-refractivity contribution in [1.82, 2.24) is 29.3 Å². The van der Waals surface area contributed by atoms with Gasteiger partial charge in [-0.15, -0.1) is 0 Å². The zero-order valence-electron chi connectivity index (χ0n) is 17.4. The van der Waals surface area contributed by atoms with Gasteiger partial charge in [-0.05, 0) is 50.2 Å². The molecule has 2 amide bonds. The van der Waals surface area contributed by atoms with Crippen molar-refractivity contribution in [3.05, 3.63) is 77.6 Å². The van der Waals surface area contributed by atoms with Crippen molar-refractivity contribution in [3.63, 3.8) is 0 Å². The smallest absolute Gasteiger partial charge is 0.276 e. The Balaban J connectivity index is 1.41. The van der Waals surface area contributed by atoms with Crippen molar-refractivity contribution in [2.24, 2.45) is 7.05 Å². The van der Waals surface area contributed by atoms with Gasteiger partial charge in [0.2, 0.25) is 0 Å². The maximum atomic E-state index is 12.6. The molecule has 0 aliphatic carbocycles. The molecule has 0 aliphatic heterocycles. The van der Waals surface area contributed by atoms with Gasteiger partial charge >= 0.3 is 0 Å². The van der Waals surface area contributed by atoms with Crippen LogP contribution in [0.5, 0.6) is 0 Å². The fraction of sp³-hybridized carbons (Fsp3) is 0.190. The van der Waals surface area contributed by atoms with Gasteiger partial charge in [0.1, 0.15) is 6.67 Å². The number of rotatable bonds is 6. The Morgan fingerprint density at radius 3 is 2.10 bits per heavy atom. The maximum Gasteiger partial charge on any atom is 0.276 e. The number of aryl methyl sites for hydroxylation is 3. The molecule has 158 valence electrons. The number of nitrogens with zero attached hydrogens (tertiary/aromatic N) is 6. The highest BCUT2D eigenvalue weighted by Gasteiger charge is 2.13. The normalized spacial score (nSPS) is 10.8. The molecule has 2 N–H and O–H groups in total. The molecule has 0 aliphatic rings. The molecule has 1 aromatic carbocycles. The average molecular weight is 418 g/mol. The van der Waals surface area contributed by atoms with E-state index in [4.69, 9.17) is 0 Å². The summed E-state index contributed by atoms with van der Waals surface area (Å²) in [7, 11) is 1.74. The Morgan fingerprint density at radius 2 is 1.52 bits per heavy atom. The summed E-state index contributed by atoms with van der Waals surface area (Å²) in [5.74, 6) is -0.674. The lowest BCUT2D eigenvalue weighted by Crippen LogP contribution is -2.16. The van der Waals surface area contributed by atoms with Gasteiger partial charge in [0.05, 0.1) is 5.69 Å². The minimum absolute atomic E-state index is 0.282. The van der Waals surface area contributed by atoms with Crippen molar-refractivity contribution in [2.45, 2.75) is 20.5 Å². The topological polar surface area (TPSA) is 112 Å². The summed E-state index contributed by atoms with van der Waals surface area (Å²) in [4.78, 5) is 24.9. The highest BCUT2D eigenvalue weighted by Crippen LogP contribution is 2.17. The molecule has 0 fully saturated rings. The van der Waals surface area contributed by atoms with Gasteiger partial charge in [-0.25, -0.2) is 4.68 Å². The molecule has 0 spiro atoms. The number of benzene rings is 1. The summed E-state index contributed by atoms with van der Waals surface area (Å²) < 4.78 is 5.02. The number of amides is 2. The molecule has 4 rings (SSSR count). The number of hydrogen-bond donors (Lipinski definition) is 2. The Labute approximate surface area is 178 Å². The first-order valence-electron chi connectivity index (χ1n) is 9.64. The first-order valence-corrected chi connectivity index (χ1v) is 9.64. The van der Waals surface area contributed by atoms with Crippen LogP contribution in [0.4, 0.5) is 11.4 Å². The summed E-state index contributed by atoms with van der Waals surface area (Å²) in [6, 6.07) is 12.1. The second-order valence-corrected chi connectivity index (χ2v) is 7.17. The minimum Gasteiger partial charge on any atom is -0.321 e. The number of carbonyl (C=O) groups excluding carboxylic acids is 2. The Morgan fingerprint density at radius 1 is 0.871 bits per heavy atom. The lowest BCUT2D eigenvalue weighted by atomic mass is 10.2. The minimum atomic E-state index is -0.347. The molecule has 3 heterocycles. The van der Waals surface area contributed by atoms with Crippen LogP contribution in [0.3, 0.4) is 0 Å². The van der Waals surface area contributed by atoms with Gasteiger partial charge < -0.3 is 10.6 Å².